The molecule has 3 aliphatic rings. The summed E-state index contributed by atoms with van der Waals surface area (Å²) in [5.74, 6) is 2.68. The standard InChI is InChI=1S/C23H36/c1-4-5-11-21-14-15-22-20(10-7-16-23(21,22)3)13-12-19-9-6-8-18(2)17-19/h4-5,12-13,18,21-22H,6-11,14-17H2,1-3H3/b5-4+,19-12-,20-13+. The fraction of sp³-hybridized carbons (Fsp3) is 0.739. The molecule has 3 fully saturated rings. The monoisotopic (exact) mass is 312 g/mol. The summed E-state index contributed by atoms with van der Waals surface area (Å²) in [5.41, 5.74) is 4.07. The van der Waals surface area contributed by atoms with E-state index in [0.717, 1.165) is 17.8 Å². The minimum atomic E-state index is 0.571. The lowest BCUT2D eigenvalue weighted by Gasteiger charge is -2.42. The normalized spacial score (nSPS) is 41.8. The van der Waals surface area contributed by atoms with E-state index in [4.69, 9.17) is 0 Å². The van der Waals surface area contributed by atoms with Gasteiger partial charge in [0.05, 0.1) is 0 Å². The van der Waals surface area contributed by atoms with Gasteiger partial charge in [0, 0.05) is 0 Å². The van der Waals surface area contributed by atoms with Crippen molar-refractivity contribution in [3.8, 4) is 0 Å². The second-order valence-corrected chi connectivity index (χ2v) is 8.76. The number of fused-ring (bicyclic) bond motifs is 1. The maximum atomic E-state index is 2.60. The summed E-state index contributed by atoms with van der Waals surface area (Å²) in [6, 6.07) is 0. The van der Waals surface area contributed by atoms with Crippen molar-refractivity contribution in [2.45, 2.75) is 85.0 Å². The first kappa shape index (κ1) is 17.1. The minimum Gasteiger partial charge on any atom is -0.0917 e. The third kappa shape index (κ3) is 3.67. The fourth-order valence-electron chi connectivity index (χ4n) is 5.74. The van der Waals surface area contributed by atoms with Crippen molar-refractivity contribution in [1.29, 1.82) is 0 Å². The van der Waals surface area contributed by atoms with Crippen LogP contribution >= 0.6 is 0 Å². The van der Waals surface area contributed by atoms with Crippen molar-refractivity contribution in [2.75, 3.05) is 0 Å². The Balaban J connectivity index is 1.74. The van der Waals surface area contributed by atoms with Crippen LogP contribution in [-0.2, 0) is 0 Å². The van der Waals surface area contributed by atoms with Crippen molar-refractivity contribution in [2.24, 2.45) is 23.2 Å². The van der Waals surface area contributed by atoms with Gasteiger partial charge in [-0.3, -0.25) is 0 Å². The SMILES string of the molecule is C/C=C/CC1CCC2/C(=C/C=C3/CCCC(C)C3)CCCC12C. The van der Waals surface area contributed by atoms with Crippen molar-refractivity contribution < 1.29 is 0 Å². The van der Waals surface area contributed by atoms with Crippen LogP contribution in [-0.4, -0.2) is 0 Å². The Labute approximate surface area is 144 Å². The molecule has 4 unspecified atom stereocenters. The van der Waals surface area contributed by atoms with Crippen LogP contribution in [0.15, 0.2) is 35.5 Å². The van der Waals surface area contributed by atoms with Crippen LogP contribution in [0.3, 0.4) is 0 Å². The molecule has 0 aromatic rings. The molecule has 3 rings (SSSR count). The maximum absolute atomic E-state index is 2.60. The zero-order chi connectivity index (χ0) is 16.3. The molecule has 23 heavy (non-hydrogen) atoms. The smallest absolute Gasteiger partial charge is 0.0143 e. The molecule has 0 aromatic carbocycles. The average Bonchev–Trinajstić information content (AvgIpc) is 2.88. The Morgan fingerprint density at radius 1 is 1.09 bits per heavy atom. The Bertz CT molecular complexity index is 492. The van der Waals surface area contributed by atoms with E-state index in [1.807, 2.05) is 0 Å². The molecular formula is C23H36. The van der Waals surface area contributed by atoms with E-state index in [9.17, 15) is 0 Å². The summed E-state index contributed by atoms with van der Waals surface area (Å²) in [6.45, 7) is 7.18. The molecular weight excluding hydrogens is 276 g/mol. The first-order chi connectivity index (χ1) is 11.1. The zero-order valence-electron chi connectivity index (χ0n) is 15.6. The molecule has 4 atom stereocenters. The van der Waals surface area contributed by atoms with Gasteiger partial charge in [-0.2, -0.15) is 0 Å². The highest BCUT2D eigenvalue weighted by atomic mass is 14.5. The molecule has 0 nitrogen and oxygen atoms in total. The van der Waals surface area contributed by atoms with Gasteiger partial charge in [-0.15, -0.1) is 0 Å². The number of rotatable bonds is 3. The van der Waals surface area contributed by atoms with Crippen LogP contribution in [0.4, 0.5) is 0 Å². The Morgan fingerprint density at radius 2 is 1.96 bits per heavy atom. The van der Waals surface area contributed by atoms with E-state index < -0.39 is 0 Å². The van der Waals surface area contributed by atoms with Gasteiger partial charge >= 0.3 is 0 Å². The predicted octanol–water partition coefficient (Wildman–Crippen LogP) is 7.23. The molecule has 128 valence electrons. The maximum Gasteiger partial charge on any atom is -0.0143 e. The molecule has 0 N–H and O–H groups in total. The van der Waals surface area contributed by atoms with Crippen molar-refractivity contribution in [3.63, 3.8) is 0 Å². The lowest BCUT2D eigenvalue weighted by Crippen LogP contribution is -2.33. The van der Waals surface area contributed by atoms with Crippen LogP contribution in [0.25, 0.3) is 0 Å². The van der Waals surface area contributed by atoms with E-state index >= 15 is 0 Å². The number of allylic oxidation sites excluding steroid dienone is 6. The average molecular weight is 313 g/mol. The van der Waals surface area contributed by atoms with E-state index in [1.165, 1.54) is 64.2 Å². The molecule has 0 amide bonds. The Kier molecular flexibility index (Phi) is 5.49. The summed E-state index contributed by atoms with van der Waals surface area (Å²) in [5, 5.41) is 0. The molecule has 0 saturated heterocycles. The third-order valence-electron chi connectivity index (χ3n) is 7.16. The lowest BCUT2D eigenvalue weighted by atomic mass is 9.63. The Hall–Kier alpha value is -0.780. The summed E-state index contributed by atoms with van der Waals surface area (Å²) in [4.78, 5) is 0. The van der Waals surface area contributed by atoms with Crippen LogP contribution in [0.5, 0.6) is 0 Å². The Morgan fingerprint density at radius 3 is 2.74 bits per heavy atom. The summed E-state index contributed by atoms with van der Waals surface area (Å²) < 4.78 is 0. The van der Waals surface area contributed by atoms with Crippen LogP contribution in [0.1, 0.15) is 85.0 Å². The quantitative estimate of drug-likeness (QED) is 0.482. The molecule has 0 aliphatic heterocycles. The molecule has 0 bridgehead atoms. The summed E-state index contributed by atoms with van der Waals surface area (Å²) >= 11 is 0. The van der Waals surface area contributed by atoms with Crippen molar-refractivity contribution in [3.05, 3.63) is 35.5 Å². The van der Waals surface area contributed by atoms with Crippen molar-refractivity contribution in [1.82, 2.24) is 0 Å². The van der Waals surface area contributed by atoms with Crippen LogP contribution < -0.4 is 0 Å². The van der Waals surface area contributed by atoms with Gasteiger partial charge in [0.1, 0.15) is 0 Å². The number of hydrogen-bond donors (Lipinski definition) is 0. The summed E-state index contributed by atoms with van der Waals surface area (Å²) in [7, 11) is 0. The second kappa shape index (κ2) is 7.41. The van der Waals surface area contributed by atoms with Gasteiger partial charge in [-0.1, -0.05) is 55.7 Å². The van der Waals surface area contributed by atoms with Crippen LogP contribution in [0.2, 0.25) is 0 Å². The molecule has 3 aliphatic carbocycles. The molecule has 0 aromatic heterocycles. The topological polar surface area (TPSA) is 0 Å². The third-order valence-corrected chi connectivity index (χ3v) is 7.16. The van der Waals surface area contributed by atoms with Crippen LogP contribution in [0, 0.1) is 23.2 Å². The molecule has 0 heteroatoms. The first-order valence-electron chi connectivity index (χ1n) is 10.1. The van der Waals surface area contributed by atoms with Gasteiger partial charge in [-0.25, -0.2) is 0 Å². The van der Waals surface area contributed by atoms with E-state index in [1.54, 1.807) is 11.1 Å². The van der Waals surface area contributed by atoms with Crippen molar-refractivity contribution >= 4 is 0 Å². The van der Waals surface area contributed by atoms with Gasteiger partial charge in [0.2, 0.25) is 0 Å². The van der Waals surface area contributed by atoms with Gasteiger partial charge < -0.3 is 0 Å². The van der Waals surface area contributed by atoms with E-state index in [2.05, 4.69) is 45.1 Å². The molecule has 0 spiro atoms. The number of hydrogen-bond acceptors (Lipinski definition) is 0. The molecule has 0 radical (unpaired) electrons. The van der Waals surface area contributed by atoms with Gasteiger partial charge in [-0.05, 0) is 87.9 Å². The second-order valence-electron chi connectivity index (χ2n) is 8.76. The fourth-order valence-corrected chi connectivity index (χ4v) is 5.74. The minimum absolute atomic E-state index is 0.571. The molecule has 3 saturated carbocycles. The van der Waals surface area contributed by atoms with Gasteiger partial charge in [0.25, 0.3) is 0 Å². The highest BCUT2D eigenvalue weighted by Gasteiger charge is 2.48. The lowest BCUT2D eigenvalue weighted by molar-refractivity contribution is 0.137. The largest absolute Gasteiger partial charge is 0.0917 e. The van der Waals surface area contributed by atoms with E-state index in [0.29, 0.717) is 5.41 Å². The van der Waals surface area contributed by atoms with Gasteiger partial charge in [0.15, 0.2) is 0 Å². The first-order valence-corrected chi connectivity index (χ1v) is 10.1. The summed E-state index contributed by atoms with van der Waals surface area (Å²) in [6.07, 6.45) is 23.6. The predicted molar refractivity (Wildman–Crippen MR) is 101 cm³/mol. The van der Waals surface area contributed by atoms with E-state index in [-0.39, 0.29) is 0 Å². The molecule has 0 heterocycles. The highest BCUT2D eigenvalue weighted by molar-refractivity contribution is 5.25. The zero-order valence-corrected chi connectivity index (χ0v) is 15.6. The highest BCUT2D eigenvalue weighted by Crippen LogP contribution is 2.58.